The largest absolute Gasteiger partial charge is 0.497 e. The monoisotopic (exact) mass is 593 g/mol. The Morgan fingerprint density at radius 3 is 2.40 bits per heavy atom. The van der Waals surface area contributed by atoms with Gasteiger partial charge in [-0.2, -0.15) is 13.2 Å². The van der Waals surface area contributed by atoms with Gasteiger partial charge in [0.25, 0.3) is 5.91 Å². The molecule has 1 aliphatic rings. The van der Waals surface area contributed by atoms with Crippen molar-refractivity contribution in [3.8, 4) is 22.6 Å². The third-order valence-corrected chi connectivity index (χ3v) is 7.93. The number of carbonyl (C=O) groups excluding carboxylic acids is 1. The number of rotatable bonds is 8. The van der Waals surface area contributed by atoms with Crippen molar-refractivity contribution in [3.05, 3.63) is 89.6 Å². The number of pyridine rings is 1. The molecule has 1 N–H and O–H groups in total. The number of alkyl halides is 3. The van der Waals surface area contributed by atoms with Crippen molar-refractivity contribution < 1.29 is 37.3 Å². The number of hydrogen-bond acceptors (Lipinski definition) is 5. The number of amides is 2. The van der Waals surface area contributed by atoms with E-state index < -0.39 is 17.8 Å². The van der Waals surface area contributed by atoms with E-state index in [1.54, 1.807) is 48.4 Å². The number of hydrogen-bond donors (Lipinski definition) is 1. The Kier molecular flexibility index (Phi) is 8.16. The van der Waals surface area contributed by atoms with Crippen LogP contribution in [0.4, 0.5) is 18.0 Å². The molecule has 5 rings (SSSR count). The number of carbonyl (C=O) groups is 2. The summed E-state index contributed by atoms with van der Waals surface area (Å²) < 4.78 is 50.1. The van der Waals surface area contributed by atoms with Gasteiger partial charge in [-0.3, -0.25) is 9.78 Å². The number of methoxy groups -OCH3 is 2. The van der Waals surface area contributed by atoms with Gasteiger partial charge < -0.3 is 24.4 Å². The number of halogens is 3. The summed E-state index contributed by atoms with van der Waals surface area (Å²) in [5.41, 5.74) is 2.09. The van der Waals surface area contributed by atoms with Crippen LogP contribution in [0.25, 0.3) is 22.0 Å². The van der Waals surface area contributed by atoms with E-state index in [2.05, 4.69) is 4.98 Å². The summed E-state index contributed by atoms with van der Waals surface area (Å²) in [7, 11) is 3.08. The third kappa shape index (κ3) is 6.06. The van der Waals surface area contributed by atoms with Gasteiger partial charge >= 0.3 is 12.3 Å². The Morgan fingerprint density at radius 2 is 1.77 bits per heavy atom. The Morgan fingerprint density at radius 1 is 1.05 bits per heavy atom. The Bertz CT molecular complexity index is 1650. The van der Waals surface area contributed by atoms with Crippen molar-refractivity contribution in [2.45, 2.75) is 25.7 Å². The molecule has 0 radical (unpaired) electrons. The van der Waals surface area contributed by atoms with Crippen LogP contribution in [-0.4, -0.2) is 65.2 Å². The van der Waals surface area contributed by atoms with Gasteiger partial charge in [0, 0.05) is 60.4 Å². The van der Waals surface area contributed by atoms with E-state index in [-0.39, 0.29) is 24.4 Å². The van der Waals surface area contributed by atoms with Crippen LogP contribution < -0.4 is 9.47 Å². The molecule has 1 aliphatic heterocycles. The molecule has 0 bridgehead atoms. The van der Waals surface area contributed by atoms with Crippen LogP contribution in [-0.2, 0) is 12.7 Å². The molecule has 43 heavy (non-hydrogen) atoms. The highest BCUT2D eigenvalue weighted by atomic mass is 19.4. The zero-order valence-electron chi connectivity index (χ0n) is 23.8. The first-order valence-electron chi connectivity index (χ1n) is 13.6. The predicted molar refractivity (Wildman–Crippen MR) is 154 cm³/mol. The molecule has 3 aromatic carbocycles. The smallest absolute Gasteiger partial charge is 0.416 e. The molecular weight excluding hydrogens is 563 g/mol. The highest BCUT2D eigenvalue weighted by Gasteiger charge is 2.38. The fraction of sp³-hybridized carbons (Fsp3) is 0.281. The second kappa shape index (κ2) is 11.8. The average molecular weight is 594 g/mol. The van der Waals surface area contributed by atoms with Crippen LogP contribution >= 0.6 is 0 Å². The molecule has 1 fully saturated rings. The molecule has 2 heterocycles. The maximum atomic E-state index is 14.1. The van der Waals surface area contributed by atoms with Crippen LogP contribution in [0.2, 0.25) is 0 Å². The van der Waals surface area contributed by atoms with E-state index in [1.165, 1.54) is 30.3 Å². The predicted octanol–water partition coefficient (Wildman–Crippen LogP) is 6.58. The van der Waals surface area contributed by atoms with Crippen molar-refractivity contribution in [2.75, 3.05) is 27.3 Å². The van der Waals surface area contributed by atoms with Crippen LogP contribution in [0.3, 0.4) is 0 Å². The molecule has 0 aliphatic carbocycles. The lowest BCUT2D eigenvalue weighted by Gasteiger charge is -2.44. The summed E-state index contributed by atoms with van der Waals surface area (Å²) in [6.45, 7) is 2.72. The summed E-state index contributed by atoms with van der Waals surface area (Å²) in [6, 6.07) is 16.9. The third-order valence-electron chi connectivity index (χ3n) is 7.93. The lowest BCUT2D eigenvalue weighted by Crippen LogP contribution is -2.57. The van der Waals surface area contributed by atoms with Gasteiger partial charge in [-0.25, -0.2) is 4.79 Å². The number of ether oxygens (including phenoxy) is 2. The minimum Gasteiger partial charge on any atom is -0.497 e. The minimum atomic E-state index is -4.44. The van der Waals surface area contributed by atoms with Gasteiger partial charge in [0.2, 0.25) is 0 Å². The molecule has 8 nitrogen and oxygen atoms in total. The lowest BCUT2D eigenvalue weighted by molar-refractivity contribution is -0.137. The Balaban J connectivity index is 1.48. The minimum absolute atomic E-state index is 0.0658. The first-order valence-corrected chi connectivity index (χ1v) is 13.6. The number of benzene rings is 3. The van der Waals surface area contributed by atoms with E-state index >= 15 is 0 Å². The highest BCUT2D eigenvalue weighted by molar-refractivity contribution is 6.00. The zero-order valence-corrected chi connectivity index (χ0v) is 23.8. The van der Waals surface area contributed by atoms with E-state index in [9.17, 15) is 27.9 Å². The van der Waals surface area contributed by atoms with Crippen LogP contribution in [0, 0.1) is 5.92 Å². The molecule has 0 saturated carbocycles. The Hall–Kier alpha value is -4.80. The fourth-order valence-electron chi connectivity index (χ4n) is 5.31. The van der Waals surface area contributed by atoms with Crippen molar-refractivity contribution in [1.82, 2.24) is 14.8 Å². The van der Waals surface area contributed by atoms with Crippen LogP contribution in [0.5, 0.6) is 11.5 Å². The first-order chi connectivity index (χ1) is 20.5. The van der Waals surface area contributed by atoms with E-state index in [4.69, 9.17) is 9.47 Å². The van der Waals surface area contributed by atoms with E-state index in [1.807, 2.05) is 13.0 Å². The molecule has 224 valence electrons. The molecule has 1 saturated heterocycles. The normalized spacial score (nSPS) is 14.2. The number of aromatic nitrogens is 1. The molecule has 1 atom stereocenters. The number of nitrogens with zero attached hydrogens (tertiary/aromatic N) is 3. The topological polar surface area (TPSA) is 92.2 Å². The van der Waals surface area contributed by atoms with Gasteiger partial charge in [-0.1, -0.05) is 30.3 Å². The number of para-hydroxylation sites is 1. The highest BCUT2D eigenvalue weighted by Crippen LogP contribution is 2.34. The van der Waals surface area contributed by atoms with Gasteiger partial charge in [-0.05, 0) is 42.8 Å². The summed E-state index contributed by atoms with van der Waals surface area (Å²) in [6.07, 6.45) is -3.97. The summed E-state index contributed by atoms with van der Waals surface area (Å²) in [4.78, 5) is 33.0. The SMILES string of the molecule is COc1ccc(CN(C(=O)c2cnc3c(-c4ccc(C(F)(F)F)cc4)cccc3c2)C(C)C2CN(C(=O)O)C2)c(OC)c1. The number of fused-ring (bicyclic) bond motifs is 1. The molecule has 0 spiro atoms. The molecule has 1 aromatic heterocycles. The van der Waals surface area contributed by atoms with Crippen LogP contribution in [0.15, 0.2) is 72.9 Å². The average Bonchev–Trinajstić information content (AvgIpc) is 2.97. The van der Waals surface area contributed by atoms with Crippen molar-refractivity contribution in [1.29, 1.82) is 0 Å². The molecule has 11 heteroatoms. The number of likely N-dealkylation sites (tertiary alicyclic amines) is 1. The van der Waals surface area contributed by atoms with Crippen molar-refractivity contribution in [3.63, 3.8) is 0 Å². The van der Waals surface area contributed by atoms with Gasteiger partial charge in [0.05, 0.1) is 30.9 Å². The summed E-state index contributed by atoms with van der Waals surface area (Å²) >= 11 is 0. The van der Waals surface area contributed by atoms with Crippen molar-refractivity contribution >= 4 is 22.9 Å². The molecule has 1 unspecified atom stereocenters. The molecule has 2 amide bonds. The zero-order chi connectivity index (χ0) is 30.9. The lowest BCUT2D eigenvalue weighted by atomic mass is 9.91. The Labute approximate surface area is 246 Å². The maximum absolute atomic E-state index is 14.1. The van der Waals surface area contributed by atoms with E-state index in [0.29, 0.717) is 52.2 Å². The summed E-state index contributed by atoms with van der Waals surface area (Å²) in [5, 5.41) is 9.98. The van der Waals surface area contributed by atoms with Gasteiger partial charge in [0.1, 0.15) is 11.5 Å². The quantitative estimate of drug-likeness (QED) is 0.248. The fourth-order valence-corrected chi connectivity index (χ4v) is 5.31. The van der Waals surface area contributed by atoms with Crippen molar-refractivity contribution in [2.24, 2.45) is 5.92 Å². The summed E-state index contributed by atoms with van der Waals surface area (Å²) in [5.74, 6) is 0.783. The standard InChI is InChI=1S/C32H30F3N3O5/c1-19(24-16-37(17-24)31(40)41)38(18-22-9-12-26(42-2)14-28(22)43-3)30(39)23-13-21-5-4-6-27(29(21)36-15-23)20-7-10-25(11-8-20)32(33,34)35/h4-15,19,24H,16-18H2,1-3H3,(H,40,41). The first kappa shape index (κ1) is 29.7. The maximum Gasteiger partial charge on any atom is 0.416 e. The number of carboxylic acid groups (broad SMARTS) is 1. The second-order valence-corrected chi connectivity index (χ2v) is 10.5. The van der Waals surface area contributed by atoms with Gasteiger partial charge in [-0.15, -0.1) is 0 Å². The van der Waals surface area contributed by atoms with E-state index in [0.717, 1.165) is 17.7 Å². The van der Waals surface area contributed by atoms with Gasteiger partial charge in [0.15, 0.2) is 0 Å². The second-order valence-electron chi connectivity index (χ2n) is 10.5. The molecular formula is C32H30F3N3O5. The molecule has 4 aromatic rings. The van der Waals surface area contributed by atoms with Crippen LogP contribution in [0.1, 0.15) is 28.4 Å².